The van der Waals surface area contributed by atoms with Gasteiger partial charge in [0.05, 0.1) is 20.8 Å². The van der Waals surface area contributed by atoms with E-state index in [1.807, 2.05) is 41.1 Å². The number of hydrogen-bond acceptors (Lipinski definition) is 9. The number of carbonyl (C=O) groups is 1. The molecule has 1 amide bonds. The van der Waals surface area contributed by atoms with Crippen molar-refractivity contribution in [3.05, 3.63) is 61.1 Å². The summed E-state index contributed by atoms with van der Waals surface area (Å²) in [7, 11) is -4.11. The SMILES string of the molecule is O=C(NOC1CCCCO1)C1(S(=O)(=O)c2ccc3nc(-n4cnc(-c5ccccc5)c4)sc3c2)CCOCC1. The van der Waals surface area contributed by atoms with E-state index < -0.39 is 26.8 Å². The molecule has 6 rings (SSSR count). The number of nitrogens with one attached hydrogen (secondary N) is 1. The highest BCUT2D eigenvalue weighted by atomic mass is 32.2. The second-order valence-electron chi connectivity index (χ2n) is 9.61. The van der Waals surface area contributed by atoms with E-state index in [4.69, 9.17) is 14.3 Å². The van der Waals surface area contributed by atoms with Crippen LogP contribution in [0.2, 0.25) is 0 Å². The lowest BCUT2D eigenvalue weighted by Crippen LogP contribution is -2.56. The third kappa shape index (κ3) is 4.98. The molecular formula is C27H28N4O6S2. The van der Waals surface area contributed by atoms with Gasteiger partial charge in [0.25, 0.3) is 5.91 Å². The molecule has 2 aliphatic rings. The van der Waals surface area contributed by atoms with Crippen molar-refractivity contribution < 1.29 is 27.5 Å². The van der Waals surface area contributed by atoms with Gasteiger partial charge in [-0.25, -0.2) is 28.7 Å². The van der Waals surface area contributed by atoms with E-state index in [0.29, 0.717) is 28.4 Å². The molecule has 204 valence electrons. The molecule has 4 heterocycles. The highest BCUT2D eigenvalue weighted by molar-refractivity contribution is 7.93. The highest BCUT2D eigenvalue weighted by Gasteiger charge is 2.52. The Morgan fingerprint density at radius 2 is 1.92 bits per heavy atom. The normalized spacial score (nSPS) is 19.6. The molecule has 10 nitrogen and oxygen atoms in total. The molecule has 1 unspecified atom stereocenters. The van der Waals surface area contributed by atoms with Gasteiger partial charge in [-0.2, -0.15) is 0 Å². The smallest absolute Gasteiger partial charge is 0.265 e. The van der Waals surface area contributed by atoms with E-state index in [0.717, 1.165) is 24.1 Å². The molecule has 39 heavy (non-hydrogen) atoms. The van der Waals surface area contributed by atoms with Crippen LogP contribution in [0.3, 0.4) is 0 Å². The second-order valence-corrected chi connectivity index (χ2v) is 12.9. The number of amides is 1. The fourth-order valence-electron chi connectivity index (χ4n) is 4.92. The first-order valence-corrected chi connectivity index (χ1v) is 15.2. The van der Waals surface area contributed by atoms with Crippen LogP contribution in [0.4, 0.5) is 0 Å². The van der Waals surface area contributed by atoms with Gasteiger partial charge in [-0.1, -0.05) is 41.7 Å². The molecule has 0 bridgehead atoms. The van der Waals surface area contributed by atoms with E-state index in [9.17, 15) is 13.2 Å². The van der Waals surface area contributed by atoms with Gasteiger partial charge in [-0.15, -0.1) is 0 Å². The maximum atomic E-state index is 14.0. The van der Waals surface area contributed by atoms with Gasteiger partial charge >= 0.3 is 0 Å². The minimum atomic E-state index is -4.11. The van der Waals surface area contributed by atoms with Crippen LogP contribution in [0.5, 0.6) is 0 Å². The average molecular weight is 569 g/mol. The van der Waals surface area contributed by atoms with Crippen molar-refractivity contribution >= 4 is 37.3 Å². The monoisotopic (exact) mass is 568 g/mol. The summed E-state index contributed by atoms with van der Waals surface area (Å²) < 4.78 is 39.8. The van der Waals surface area contributed by atoms with Crippen molar-refractivity contribution in [1.29, 1.82) is 0 Å². The number of imidazole rings is 1. The molecule has 0 spiro atoms. The molecule has 1 N–H and O–H groups in total. The first-order chi connectivity index (χ1) is 19.0. The Labute approximate surface area is 229 Å². The Morgan fingerprint density at radius 3 is 2.69 bits per heavy atom. The predicted octanol–water partition coefficient (Wildman–Crippen LogP) is 4.05. The van der Waals surface area contributed by atoms with Crippen LogP contribution in [0.15, 0.2) is 66.0 Å². The van der Waals surface area contributed by atoms with Crippen molar-refractivity contribution in [2.75, 3.05) is 19.8 Å². The van der Waals surface area contributed by atoms with Gasteiger partial charge in [0.1, 0.15) is 6.33 Å². The van der Waals surface area contributed by atoms with Gasteiger partial charge in [0, 0.05) is 38.0 Å². The maximum absolute atomic E-state index is 14.0. The summed E-state index contributed by atoms with van der Waals surface area (Å²) in [4.78, 5) is 28.1. The first kappa shape index (κ1) is 26.1. The Morgan fingerprint density at radius 1 is 1.10 bits per heavy atom. The Hall–Kier alpha value is -3.16. The van der Waals surface area contributed by atoms with Crippen LogP contribution in [0.1, 0.15) is 32.1 Å². The van der Waals surface area contributed by atoms with Crippen molar-refractivity contribution in [3.63, 3.8) is 0 Å². The van der Waals surface area contributed by atoms with Crippen molar-refractivity contribution in [2.24, 2.45) is 0 Å². The van der Waals surface area contributed by atoms with Gasteiger partial charge in [0.2, 0.25) is 0 Å². The van der Waals surface area contributed by atoms with Crippen LogP contribution in [-0.4, -0.2) is 59.7 Å². The molecule has 1 atom stereocenters. The standard InChI is InChI=1S/C27H28N4O6S2/c32-25(30-37-24-8-4-5-13-36-24)27(11-14-35-15-12-27)39(33,34)20-9-10-21-23(16-20)38-26(29-21)31-17-22(28-18-31)19-6-2-1-3-7-19/h1-3,6-7,9-10,16-18,24H,4-5,8,11-15H2,(H,30,32). The van der Waals surface area contributed by atoms with Gasteiger partial charge in [-0.3, -0.25) is 9.36 Å². The summed E-state index contributed by atoms with van der Waals surface area (Å²) in [6.07, 6.45) is 5.54. The summed E-state index contributed by atoms with van der Waals surface area (Å²) >= 11 is 1.35. The lowest BCUT2D eigenvalue weighted by molar-refractivity contribution is -0.202. The van der Waals surface area contributed by atoms with Crippen LogP contribution in [0, 0.1) is 0 Å². The van der Waals surface area contributed by atoms with Crippen LogP contribution in [0.25, 0.3) is 26.6 Å². The van der Waals surface area contributed by atoms with Crippen LogP contribution < -0.4 is 5.48 Å². The summed E-state index contributed by atoms with van der Waals surface area (Å²) in [6, 6.07) is 14.6. The van der Waals surface area contributed by atoms with Crippen molar-refractivity contribution in [3.8, 4) is 16.4 Å². The van der Waals surface area contributed by atoms with Gasteiger partial charge in [0.15, 0.2) is 26.0 Å². The fourth-order valence-corrected chi connectivity index (χ4v) is 7.90. The topological polar surface area (TPSA) is 122 Å². The fraction of sp³-hybridized carbons (Fsp3) is 0.370. The van der Waals surface area contributed by atoms with E-state index in [1.165, 1.54) is 17.4 Å². The quantitative estimate of drug-likeness (QED) is 0.332. The molecule has 0 radical (unpaired) electrons. The average Bonchev–Trinajstić information content (AvgIpc) is 3.64. The third-order valence-electron chi connectivity index (χ3n) is 7.18. The zero-order valence-corrected chi connectivity index (χ0v) is 22.7. The molecule has 2 saturated heterocycles. The number of ether oxygens (including phenoxy) is 2. The maximum Gasteiger partial charge on any atom is 0.265 e. The zero-order chi connectivity index (χ0) is 26.9. The first-order valence-electron chi connectivity index (χ1n) is 12.9. The molecule has 2 fully saturated rings. The Bertz CT molecular complexity index is 1570. The minimum absolute atomic E-state index is 0.0271. The molecule has 2 aromatic heterocycles. The van der Waals surface area contributed by atoms with Crippen molar-refractivity contribution in [2.45, 2.75) is 48.0 Å². The lowest BCUT2D eigenvalue weighted by atomic mass is 9.98. The minimum Gasteiger partial charge on any atom is -0.381 e. The largest absolute Gasteiger partial charge is 0.381 e. The number of thiazole rings is 1. The van der Waals surface area contributed by atoms with Gasteiger partial charge in [-0.05, 0) is 43.9 Å². The number of rotatable bonds is 7. The van der Waals surface area contributed by atoms with Crippen LogP contribution >= 0.6 is 11.3 Å². The number of fused-ring (bicyclic) bond motifs is 1. The summed E-state index contributed by atoms with van der Waals surface area (Å²) in [6.45, 7) is 0.856. The number of sulfone groups is 1. The molecule has 2 aliphatic heterocycles. The molecule has 0 saturated carbocycles. The predicted molar refractivity (Wildman–Crippen MR) is 145 cm³/mol. The number of hydroxylamine groups is 1. The zero-order valence-electron chi connectivity index (χ0n) is 21.1. The Kier molecular flexibility index (Phi) is 7.21. The number of hydrogen-bond donors (Lipinski definition) is 1. The molecule has 2 aromatic carbocycles. The highest BCUT2D eigenvalue weighted by Crippen LogP contribution is 2.37. The summed E-state index contributed by atoms with van der Waals surface area (Å²) in [5.74, 6) is -0.697. The molecule has 0 aliphatic carbocycles. The van der Waals surface area contributed by atoms with E-state index >= 15 is 0 Å². The number of nitrogens with zero attached hydrogens (tertiary/aromatic N) is 3. The molecule has 12 heteroatoms. The van der Waals surface area contributed by atoms with E-state index in [-0.39, 0.29) is 31.0 Å². The lowest BCUT2D eigenvalue weighted by Gasteiger charge is -2.35. The number of carbonyl (C=O) groups excluding carboxylic acids is 1. The second kappa shape index (κ2) is 10.8. The molecule has 4 aromatic rings. The Balaban J connectivity index is 1.28. The summed E-state index contributed by atoms with van der Waals surface area (Å²) in [5.41, 5.74) is 4.86. The number of aromatic nitrogens is 3. The van der Waals surface area contributed by atoms with E-state index in [1.54, 1.807) is 18.5 Å². The summed E-state index contributed by atoms with van der Waals surface area (Å²) in [5, 5.41) is 0.661. The van der Waals surface area contributed by atoms with Gasteiger partial charge < -0.3 is 9.47 Å². The molecular weight excluding hydrogens is 540 g/mol. The van der Waals surface area contributed by atoms with E-state index in [2.05, 4.69) is 15.4 Å². The third-order valence-corrected chi connectivity index (χ3v) is 10.7. The van der Waals surface area contributed by atoms with Crippen molar-refractivity contribution in [1.82, 2.24) is 20.0 Å². The van der Waals surface area contributed by atoms with Crippen LogP contribution in [-0.2, 0) is 28.9 Å². The number of benzene rings is 2.